The van der Waals surface area contributed by atoms with Gasteiger partial charge in [-0.2, -0.15) is 5.26 Å². The first-order valence-corrected chi connectivity index (χ1v) is 10.5. The van der Waals surface area contributed by atoms with Gasteiger partial charge in [0.25, 0.3) is 0 Å². The number of aromatic nitrogens is 1. The normalized spacial score (nSPS) is 15.2. The van der Waals surface area contributed by atoms with E-state index in [1.807, 2.05) is 84.3 Å². The van der Waals surface area contributed by atoms with Crippen molar-refractivity contribution in [1.82, 2.24) is 4.98 Å². The first-order valence-electron chi connectivity index (χ1n) is 9.23. The highest BCUT2D eigenvalue weighted by atomic mass is 35.5. The minimum absolute atomic E-state index is 0.313. The van der Waals surface area contributed by atoms with Gasteiger partial charge in [0.1, 0.15) is 22.2 Å². The first-order chi connectivity index (χ1) is 14.7. The number of nitriles is 1. The molecule has 0 aliphatic carbocycles. The lowest BCUT2D eigenvalue weighted by Crippen LogP contribution is -2.16. The number of hydrogen-bond donors (Lipinski definition) is 0. The molecule has 0 bridgehead atoms. The molecule has 3 aromatic carbocycles. The van der Waals surface area contributed by atoms with Crippen LogP contribution in [-0.4, -0.2) is 4.98 Å². The summed E-state index contributed by atoms with van der Waals surface area (Å²) in [6.07, 6.45) is 0. The Hall–Kier alpha value is -3.46. The van der Waals surface area contributed by atoms with Gasteiger partial charge in [0.15, 0.2) is 5.58 Å². The van der Waals surface area contributed by atoms with Gasteiger partial charge in [0.05, 0.1) is 5.70 Å². The zero-order valence-corrected chi connectivity index (χ0v) is 17.2. The van der Waals surface area contributed by atoms with Gasteiger partial charge in [0, 0.05) is 16.1 Å². The van der Waals surface area contributed by atoms with Crippen molar-refractivity contribution >= 4 is 51.4 Å². The highest BCUT2D eigenvalue weighted by Gasteiger charge is 2.29. The number of thioether (sulfide) groups is 1. The summed E-state index contributed by atoms with van der Waals surface area (Å²) in [6.45, 7) is 0. The van der Waals surface area contributed by atoms with Crippen LogP contribution in [0, 0.1) is 11.3 Å². The van der Waals surface area contributed by atoms with Crippen LogP contribution >= 0.6 is 23.4 Å². The molecule has 0 amide bonds. The molecular formula is C24H14ClN3OS. The standard InChI is InChI=1S/C24H14ClN3OS/c25-17-12-10-16(11-13-17)21-15-30-24(28(21)18-6-2-1-3-7-18)19(14-26)23-27-20-8-4-5-9-22(20)29-23/h1-13,15H/b24-19+. The van der Waals surface area contributed by atoms with E-state index in [4.69, 9.17) is 16.0 Å². The fourth-order valence-corrected chi connectivity index (χ4v) is 4.47. The van der Waals surface area contributed by atoms with Gasteiger partial charge >= 0.3 is 0 Å². The second-order valence-corrected chi connectivity index (χ2v) is 7.87. The van der Waals surface area contributed by atoms with Gasteiger partial charge in [-0.1, -0.05) is 65.8 Å². The SMILES string of the molecule is N#C/C(=C1\SC=C(c2ccc(Cl)cc2)N1c1ccccc1)c1nc2ccccc2o1. The summed E-state index contributed by atoms with van der Waals surface area (Å²) in [6, 6.07) is 27.4. The van der Waals surface area contributed by atoms with Gasteiger partial charge < -0.3 is 9.32 Å². The molecule has 0 fully saturated rings. The van der Waals surface area contributed by atoms with Crippen molar-refractivity contribution < 1.29 is 4.42 Å². The second kappa shape index (κ2) is 7.75. The third kappa shape index (κ3) is 3.26. The smallest absolute Gasteiger partial charge is 0.240 e. The number of anilines is 1. The Labute approximate surface area is 182 Å². The number of allylic oxidation sites excluding steroid dienone is 1. The number of para-hydroxylation sites is 3. The molecule has 0 radical (unpaired) electrons. The van der Waals surface area contributed by atoms with Gasteiger partial charge in [0.2, 0.25) is 5.89 Å². The largest absolute Gasteiger partial charge is 0.435 e. The average molecular weight is 428 g/mol. The van der Waals surface area contributed by atoms with E-state index in [0.29, 0.717) is 22.1 Å². The van der Waals surface area contributed by atoms with Gasteiger partial charge in [-0.3, -0.25) is 0 Å². The van der Waals surface area contributed by atoms with Gasteiger partial charge in [-0.05, 0) is 42.0 Å². The fourth-order valence-electron chi connectivity index (χ4n) is 3.31. The summed E-state index contributed by atoms with van der Waals surface area (Å²) in [7, 11) is 0. The lowest BCUT2D eigenvalue weighted by atomic mass is 10.1. The number of rotatable bonds is 3. The zero-order chi connectivity index (χ0) is 20.5. The second-order valence-electron chi connectivity index (χ2n) is 6.58. The third-order valence-corrected chi connectivity index (χ3v) is 5.92. The predicted molar refractivity (Wildman–Crippen MR) is 122 cm³/mol. The molecule has 0 unspecified atom stereocenters. The Kier molecular flexibility index (Phi) is 4.80. The Balaban J connectivity index is 1.68. The summed E-state index contributed by atoms with van der Waals surface area (Å²) >= 11 is 7.56. The lowest BCUT2D eigenvalue weighted by Gasteiger charge is -2.24. The predicted octanol–water partition coefficient (Wildman–Crippen LogP) is 6.93. The van der Waals surface area contributed by atoms with E-state index >= 15 is 0 Å². The maximum atomic E-state index is 10.0. The highest BCUT2D eigenvalue weighted by Crippen LogP contribution is 2.46. The van der Waals surface area contributed by atoms with Crippen LogP contribution in [0.2, 0.25) is 5.02 Å². The molecular weight excluding hydrogens is 414 g/mol. The molecule has 4 aromatic rings. The number of halogens is 1. The van der Waals surface area contributed by atoms with E-state index < -0.39 is 0 Å². The fraction of sp³-hybridized carbons (Fsp3) is 0. The molecule has 0 atom stereocenters. The summed E-state index contributed by atoms with van der Waals surface area (Å²) in [5.41, 5.74) is 4.67. The molecule has 6 heteroatoms. The number of benzene rings is 3. The van der Waals surface area contributed by atoms with Crippen molar-refractivity contribution in [1.29, 1.82) is 5.26 Å². The molecule has 0 spiro atoms. The first kappa shape index (κ1) is 18.6. The molecule has 4 nitrogen and oxygen atoms in total. The van der Waals surface area contributed by atoms with E-state index in [1.165, 1.54) is 11.8 Å². The van der Waals surface area contributed by atoms with Crippen molar-refractivity contribution in [3.63, 3.8) is 0 Å². The molecule has 1 aromatic heterocycles. The van der Waals surface area contributed by atoms with Crippen molar-refractivity contribution in [2.75, 3.05) is 4.90 Å². The van der Waals surface area contributed by atoms with Crippen LogP contribution in [0.25, 0.3) is 22.4 Å². The Morgan fingerprint density at radius 1 is 0.967 bits per heavy atom. The molecule has 1 aliphatic heterocycles. The van der Waals surface area contributed by atoms with E-state index in [1.54, 1.807) is 0 Å². The number of hydrogen-bond acceptors (Lipinski definition) is 5. The highest BCUT2D eigenvalue weighted by molar-refractivity contribution is 8.06. The molecule has 1 aliphatic rings. The number of fused-ring (bicyclic) bond motifs is 1. The molecule has 2 heterocycles. The summed E-state index contributed by atoms with van der Waals surface area (Å²) in [4.78, 5) is 6.60. The van der Waals surface area contributed by atoms with Crippen LogP contribution in [0.3, 0.4) is 0 Å². The Morgan fingerprint density at radius 3 is 2.43 bits per heavy atom. The Bertz CT molecular complexity index is 1300. The van der Waals surface area contributed by atoms with Crippen LogP contribution in [0.1, 0.15) is 11.5 Å². The van der Waals surface area contributed by atoms with Crippen molar-refractivity contribution in [2.45, 2.75) is 0 Å². The quantitative estimate of drug-likeness (QED) is 0.332. The molecule has 0 saturated heterocycles. The Morgan fingerprint density at radius 2 is 1.70 bits per heavy atom. The van der Waals surface area contributed by atoms with Crippen molar-refractivity contribution in [3.05, 3.63) is 106 Å². The van der Waals surface area contributed by atoms with Gasteiger partial charge in [-0.15, -0.1) is 0 Å². The maximum Gasteiger partial charge on any atom is 0.240 e. The third-order valence-electron chi connectivity index (χ3n) is 4.71. The molecule has 0 saturated carbocycles. The molecule has 144 valence electrons. The monoisotopic (exact) mass is 427 g/mol. The van der Waals surface area contributed by atoms with Crippen LogP contribution < -0.4 is 4.90 Å². The molecule has 0 N–H and O–H groups in total. The minimum atomic E-state index is 0.313. The van der Waals surface area contributed by atoms with Crippen LogP contribution in [0.5, 0.6) is 0 Å². The van der Waals surface area contributed by atoms with E-state index in [2.05, 4.69) is 16.0 Å². The van der Waals surface area contributed by atoms with Crippen LogP contribution in [0.15, 0.2) is 93.7 Å². The topological polar surface area (TPSA) is 53.1 Å². The van der Waals surface area contributed by atoms with Crippen molar-refractivity contribution in [3.8, 4) is 6.07 Å². The van der Waals surface area contributed by atoms with E-state index in [-0.39, 0.29) is 0 Å². The van der Waals surface area contributed by atoms with E-state index in [0.717, 1.165) is 27.5 Å². The van der Waals surface area contributed by atoms with Crippen LogP contribution in [-0.2, 0) is 0 Å². The number of oxazole rings is 1. The molecule has 5 rings (SSSR count). The zero-order valence-electron chi connectivity index (χ0n) is 15.6. The summed E-state index contributed by atoms with van der Waals surface area (Å²) in [5.74, 6) is 0.313. The van der Waals surface area contributed by atoms with Crippen LogP contribution in [0.4, 0.5) is 5.69 Å². The minimum Gasteiger partial charge on any atom is -0.435 e. The summed E-state index contributed by atoms with van der Waals surface area (Å²) < 4.78 is 5.90. The van der Waals surface area contributed by atoms with Crippen molar-refractivity contribution in [2.24, 2.45) is 0 Å². The summed E-state index contributed by atoms with van der Waals surface area (Å²) in [5, 5.41) is 13.5. The van der Waals surface area contributed by atoms with E-state index in [9.17, 15) is 5.26 Å². The number of nitrogens with zero attached hydrogens (tertiary/aromatic N) is 3. The lowest BCUT2D eigenvalue weighted by molar-refractivity contribution is 0.586. The average Bonchev–Trinajstić information content (AvgIpc) is 3.40. The molecule has 30 heavy (non-hydrogen) atoms. The van der Waals surface area contributed by atoms with Gasteiger partial charge in [-0.25, -0.2) is 4.98 Å². The maximum absolute atomic E-state index is 10.0.